The van der Waals surface area contributed by atoms with Crippen LogP contribution in [-0.2, 0) is 0 Å². The maximum atomic E-state index is 4.55. The molecule has 1 aromatic rings. The summed E-state index contributed by atoms with van der Waals surface area (Å²) >= 11 is 8.12. The van der Waals surface area contributed by atoms with Crippen LogP contribution in [0.25, 0.3) is 0 Å². The van der Waals surface area contributed by atoms with E-state index >= 15 is 0 Å². The third-order valence-corrected chi connectivity index (χ3v) is 6.25. The average molecular weight is 274 g/mol. The van der Waals surface area contributed by atoms with Crippen molar-refractivity contribution in [1.82, 2.24) is 10.2 Å². The molecule has 5 heteroatoms. The first-order valence-electron chi connectivity index (χ1n) is 5.78. The van der Waals surface area contributed by atoms with E-state index in [2.05, 4.69) is 22.8 Å². The van der Waals surface area contributed by atoms with Gasteiger partial charge >= 0.3 is 0 Å². The van der Waals surface area contributed by atoms with Gasteiger partial charge in [-0.3, -0.25) is 0 Å². The Morgan fingerprint density at radius 3 is 2.62 bits per heavy atom. The second-order valence-corrected chi connectivity index (χ2v) is 7.31. The molecule has 0 atom stereocenters. The summed E-state index contributed by atoms with van der Waals surface area (Å²) in [6.45, 7) is 2.01. The van der Waals surface area contributed by atoms with Gasteiger partial charge in [-0.05, 0) is 30.9 Å². The topological polar surface area (TPSA) is 25.8 Å². The van der Waals surface area contributed by atoms with Crippen LogP contribution in [0.2, 0.25) is 0 Å². The Bertz CT molecular complexity index is 332. The summed E-state index contributed by atoms with van der Waals surface area (Å²) in [5, 5.41) is 9.29. The molecule has 16 heavy (non-hydrogen) atoms. The Morgan fingerprint density at radius 1 is 1.31 bits per heavy atom. The number of aryl methyl sites for hydroxylation is 1. The molecule has 1 aliphatic carbocycles. The molecule has 0 N–H and O–H groups in total. The number of hydrogen-bond acceptors (Lipinski definition) is 5. The van der Waals surface area contributed by atoms with E-state index in [0.29, 0.717) is 5.41 Å². The second-order valence-electron chi connectivity index (χ2n) is 4.59. The van der Waals surface area contributed by atoms with E-state index in [1.807, 2.05) is 18.7 Å². The van der Waals surface area contributed by atoms with Gasteiger partial charge in [-0.2, -0.15) is 12.6 Å². The number of hydrogen-bond donors (Lipinski definition) is 1. The smallest absolute Gasteiger partial charge is 0.174 e. The van der Waals surface area contributed by atoms with Crippen LogP contribution in [-0.4, -0.2) is 21.7 Å². The Hall–Kier alpha value is 0.260. The first kappa shape index (κ1) is 12.7. The van der Waals surface area contributed by atoms with E-state index < -0.39 is 0 Å². The zero-order valence-electron chi connectivity index (χ0n) is 9.61. The molecule has 0 aromatic carbocycles. The molecule has 90 valence electrons. The van der Waals surface area contributed by atoms with Crippen LogP contribution in [0.3, 0.4) is 0 Å². The lowest BCUT2D eigenvalue weighted by atomic mass is 9.77. The van der Waals surface area contributed by atoms with Crippen molar-refractivity contribution in [3.8, 4) is 0 Å². The Morgan fingerprint density at radius 2 is 2.06 bits per heavy atom. The summed E-state index contributed by atoms with van der Waals surface area (Å²) < 4.78 is 1.12. The molecule has 2 rings (SSSR count). The van der Waals surface area contributed by atoms with Crippen molar-refractivity contribution >= 4 is 35.7 Å². The van der Waals surface area contributed by atoms with Gasteiger partial charge in [0.25, 0.3) is 0 Å². The summed E-state index contributed by atoms with van der Waals surface area (Å²) in [5.41, 5.74) is 0.450. The van der Waals surface area contributed by atoms with Gasteiger partial charge in [0.05, 0.1) is 0 Å². The molecule has 2 nitrogen and oxygen atoms in total. The molecule has 0 spiro atoms. The van der Waals surface area contributed by atoms with Crippen molar-refractivity contribution in [2.45, 2.75) is 43.4 Å². The zero-order valence-corrected chi connectivity index (χ0v) is 12.1. The largest absolute Gasteiger partial charge is 0.179 e. The highest BCUT2D eigenvalue weighted by Gasteiger charge is 2.31. The predicted octanol–water partition coefficient (Wildman–Crippen LogP) is 3.82. The predicted molar refractivity (Wildman–Crippen MR) is 74.7 cm³/mol. The normalized spacial score (nSPS) is 19.9. The summed E-state index contributed by atoms with van der Waals surface area (Å²) in [7, 11) is 0. The van der Waals surface area contributed by atoms with Crippen LogP contribution in [0.1, 0.15) is 37.1 Å². The molecule has 1 aromatic heterocycles. The average Bonchev–Trinajstić information content (AvgIpc) is 2.74. The molecule has 0 unspecified atom stereocenters. The van der Waals surface area contributed by atoms with Gasteiger partial charge in [-0.1, -0.05) is 42.4 Å². The number of aromatic nitrogens is 2. The van der Waals surface area contributed by atoms with E-state index in [1.54, 1.807) is 11.3 Å². The Labute approximate surface area is 111 Å². The van der Waals surface area contributed by atoms with Crippen LogP contribution in [0.5, 0.6) is 0 Å². The molecule has 1 saturated carbocycles. The van der Waals surface area contributed by atoms with Crippen LogP contribution in [0, 0.1) is 12.3 Å². The standard InChI is InChI=1S/C11H18N2S3/c1-9-12-13-10(16-9)15-8-11(7-14)5-3-2-4-6-11/h14H,2-8H2,1H3. The summed E-state index contributed by atoms with van der Waals surface area (Å²) in [5.74, 6) is 2.17. The summed E-state index contributed by atoms with van der Waals surface area (Å²) in [6, 6.07) is 0. The number of nitrogens with zero attached hydrogens (tertiary/aromatic N) is 2. The SMILES string of the molecule is Cc1nnc(SCC2(CS)CCCCC2)s1. The second kappa shape index (κ2) is 5.74. The maximum Gasteiger partial charge on any atom is 0.174 e. The Kier molecular flexibility index (Phi) is 4.56. The molecule has 1 aliphatic rings. The number of thiol groups is 1. The van der Waals surface area contributed by atoms with Crippen LogP contribution in [0.15, 0.2) is 4.34 Å². The van der Waals surface area contributed by atoms with E-state index in [4.69, 9.17) is 0 Å². The van der Waals surface area contributed by atoms with E-state index in [9.17, 15) is 0 Å². The fourth-order valence-electron chi connectivity index (χ4n) is 2.20. The van der Waals surface area contributed by atoms with Crippen molar-refractivity contribution in [3.63, 3.8) is 0 Å². The first-order valence-corrected chi connectivity index (χ1v) is 8.21. The van der Waals surface area contributed by atoms with Gasteiger partial charge in [0.2, 0.25) is 0 Å². The quantitative estimate of drug-likeness (QED) is 0.667. The first-order chi connectivity index (χ1) is 7.74. The van der Waals surface area contributed by atoms with Gasteiger partial charge in [-0.25, -0.2) is 0 Å². The van der Waals surface area contributed by atoms with Crippen molar-refractivity contribution < 1.29 is 0 Å². The Balaban J connectivity index is 1.91. The highest BCUT2D eigenvalue weighted by atomic mass is 32.2. The number of rotatable bonds is 4. The summed E-state index contributed by atoms with van der Waals surface area (Å²) in [4.78, 5) is 0. The van der Waals surface area contributed by atoms with Crippen LogP contribution in [0.4, 0.5) is 0 Å². The lowest BCUT2D eigenvalue weighted by Crippen LogP contribution is -2.28. The van der Waals surface area contributed by atoms with Crippen LogP contribution >= 0.6 is 35.7 Å². The zero-order chi connectivity index (χ0) is 11.4. The molecule has 0 amide bonds. The maximum absolute atomic E-state index is 4.55. The minimum Gasteiger partial charge on any atom is -0.179 e. The molecule has 0 bridgehead atoms. The fourth-order valence-corrected chi connectivity index (χ4v) is 4.89. The van der Waals surface area contributed by atoms with Crippen molar-refractivity contribution in [3.05, 3.63) is 5.01 Å². The van der Waals surface area contributed by atoms with Crippen molar-refractivity contribution in [2.24, 2.45) is 5.41 Å². The van der Waals surface area contributed by atoms with Crippen molar-refractivity contribution in [2.75, 3.05) is 11.5 Å². The minimum absolute atomic E-state index is 0.450. The third kappa shape index (κ3) is 3.14. The molecule has 0 radical (unpaired) electrons. The summed E-state index contributed by atoms with van der Waals surface area (Å²) in [6.07, 6.45) is 6.81. The molecule has 0 aliphatic heterocycles. The molecule has 1 fully saturated rings. The van der Waals surface area contributed by atoms with E-state index in [1.165, 1.54) is 32.1 Å². The molecular weight excluding hydrogens is 256 g/mol. The highest BCUT2D eigenvalue weighted by molar-refractivity contribution is 8.01. The van der Waals surface area contributed by atoms with Gasteiger partial charge in [0.1, 0.15) is 5.01 Å². The molecular formula is C11H18N2S3. The lowest BCUT2D eigenvalue weighted by Gasteiger charge is -2.35. The van der Waals surface area contributed by atoms with E-state index in [0.717, 1.165) is 20.9 Å². The molecule has 0 saturated heterocycles. The van der Waals surface area contributed by atoms with Crippen LogP contribution < -0.4 is 0 Å². The van der Waals surface area contributed by atoms with Crippen molar-refractivity contribution in [1.29, 1.82) is 0 Å². The molecule has 1 heterocycles. The number of thioether (sulfide) groups is 1. The minimum atomic E-state index is 0.450. The monoisotopic (exact) mass is 274 g/mol. The lowest BCUT2D eigenvalue weighted by molar-refractivity contribution is 0.259. The highest BCUT2D eigenvalue weighted by Crippen LogP contribution is 2.41. The van der Waals surface area contributed by atoms with E-state index in [-0.39, 0.29) is 0 Å². The van der Waals surface area contributed by atoms with Gasteiger partial charge in [-0.15, -0.1) is 10.2 Å². The fraction of sp³-hybridized carbons (Fsp3) is 0.818. The van der Waals surface area contributed by atoms with Gasteiger partial charge in [0, 0.05) is 5.75 Å². The van der Waals surface area contributed by atoms with Gasteiger partial charge in [0.15, 0.2) is 4.34 Å². The third-order valence-electron chi connectivity index (χ3n) is 3.26. The van der Waals surface area contributed by atoms with Gasteiger partial charge < -0.3 is 0 Å².